The summed E-state index contributed by atoms with van der Waals surface area (Å²) in [6, 6.07) is 3.96. The second-order valence-electron chi connectivity index (χ2n) is 7.01. The van der Waals surface area contributed by atoms with Gasteiger partial charge in [0, 0.05) is 25.0 Å². The molecule has 2 aliphatic heterocycles. The molecular formula is C18H21N3O2S2. The number of carbonyl (C=O) groups excluding carboxylic acids is 2. The number of likely N-dealkylation sites (tertiary alicyclic amines) is 1. The average molecular weight is 376 g/mol. The quantitative estimate of drug-likeness (QED) is 0.811. The number of piperazine rings is 1. The highest BCUT2D eigenvalue weighted by Gasteiger charge is 2.48. The summed E-state index contributed by atoms with van der Waals surface area (Å²) in [5, 5.41) is 6.03. The molecule has 1 atom stereocenters. The van der Waals surface area contributed by atoms with Crippen molar-refractivity contribution in [1.82, 2.24) is 9.80 Å². The van der Waals surface area contributed by atoms with Crippen LogP contribution in [0.5, 0.6) is 0 Å². The molecule has 2 aromatic heterocycles. The Morgan fingerprint density at radius 3 is 2.80 bits per heavy atom. The Balaban J connectivity index is 1.55. The summed E-state index contributed by atoms with van der Waals surface area (Å²) in [4.78, 5) is 32.1. The molecule has 7 heteroatoms. The van der Waals surface area contributed by atoms with Gasteiger partial charge in [-0.3, -0.25) is 14.5 Å². The molecule has 1 unspecified atom stereocenters. The van der Waals surface area contributed by atoms with E-state index in [0.717, 1.165) is 29.1 Å². The fourth-order valence-electron chi connectivity index (χ4n) is 3.77. The third-order valence-corrected chi connectivity index (χ3v) is 7.02. The number of carbonyl (C=O) groups is 2. The maximum absolute atomic E-state index is 12.8. The molecule has 0 aromatic carbocycles. The van der Waals surface area contributed by atoms with E-state index in [9.17, 15) is 9.59 Å². The number of amides is 2. The van der Waals surface area contributed by atoms with Gasteiger partial charge in [-0.1, -0.05) is 0 Å². The Labute approximate surface area is 155 Å². The van der Waals surface area contributed by atoms with Crippen LogP contribution in [0.15, 0.2) is 28.3 Å². The normalized spacial score (nSPS) is 24.5. The number of hydrogen-bond acceptors (Lipinski definition) is 5. The van der Waals surface area contributed by atoms with Crippen molar-refractivity contribution in [2.24, 2.45) is 0 Å². The smallest absolute Gasteiger partial charge is 0.263 e. The minimum Gasteiger partial charge on any atom is -0.336 e. The van der Waals surface area contributed by atoms with E-state index in [1.165, 1.54) is 11.3 Å². The van der Waals surface area contributed by atoms with Crippen molar-refractivity contribution in [2.75, 3.05) is 38.1 Å². The molecule has 1 spiro atoms. The van der Waals surface area contributed by atoms with Gasteiger partial charge in [0.05, 0.1) is 22.6 Å². The highest BCUT2D eigenvalue weighted by molar-refractivity contribution is 7.12. The third-order valence-electron chi connectivity index (χ3n) is 5.31. The molecule has 2 aliphatic rings. The Morgan fingerprint density at radius 2 is 2.12 bits per heavy atom. The molecule has 2 aromatic rings. The maximum Gasteiger partial charge on any atom is 0.263 e. The molecule has 2 amide bonds. The van der Waals surface area contributed by atoms with Crippen LogP contribution in [0.25, 0.3) is 0 Å². The van der Waals surface area contributed by atoms with Crippen molar-refractivity contribution in [1.29, 1.82) is 0 Å². The molecule has 4 rings (SSSR count). The monoisotopic (exact) mass is 375 g/mol. The predicted octanol–water partition coefficient (Wildman–Crippen LogP) is 2.68. The molecular weight excluding hydrogens is 354 g/mol. The second-order valence-corrected chi connectivity index (χ2v) is 8.70. The van der Waals surface area contributed by atoms with Crippen LogP contribution in [-0.2, 0) is 4.79 Å². The first-order valence-corrected chi connectivity index (χ1v) is 10.2. The number of thiophene rings is 2. The van der Waals surface area contributed by atoms with E-state index in [0.29, 0.717) is 19.6 Å². The first-order valence-electron chi connectivity index (χ1n) is 8.37. The van der Waals surface area contributed by atoms with Crippen LogP contribution in [0.2, 0.25) is 0 Å². The van der Waals surface area contributed by atoms with E-state index in [4.69, 9.17) is 0 Å². The molecule has 2 saturated heterocycles. The van der Waals surface area contributed by atoms with E-state index >= 15 is 0 Å². The highest BCUT2D eigenvalue weighted by Crippen LogP contribution is 2.35. The Hall–Kier alpha value is -1.70. The van der Waals surface area contributed by atoms with Gasteiger partial charge in [-0.05, 0) is 48.8 Å². The molecule has 5 nitrogen and oxygen atoms in total. The Kier molecular flexibility index (Phi) is 4.17. The van der Waals surface area contributed by atoms with E-state index < -0.39 is 0 Å². The van der Waals surface area contributed by atoms with Gasteiger partial charge in [0.2, 0.25) is 5.91 Å². The van der Waals surface area contributed by atoms with Gasteiger partial charge in [-0.2, -0.15) is 11.3 Å². The number of anilines is 1. The van der Waals surface area contributed by atoms with E-state index in [2.05, 4.69) is 4.90 Å². The van der Waals surface area contributed by atoms with Gasteiger partial charge in [-0.25, -0.2) is 0 Å². The third kappa shape index (κ3) is 2.90. The lowest BCUT2D eigenvalue weighted by molar-refractivity contribution is -0.123. The fourth-order valence-corrected chi connectivity index (χ4v) is 5.28. The summed E-state index contributed by atoms with van der Waals surface area (Å²) in [6.07, 6.45) is 0.896. The summed E-state index contributed by atoms with van der Waals surface area (Å²) in [5.41, 5.74) is 1.95. The van der Waals surface area contributed by atoms with Crippen molar-refractivity contribution in [3.63, 3.8) is 0 Å². The van der Waals surface area contributed by atoms with Gasteiger partial charge in [0.1, 0.15) is 0 Å². The van der Waals surface area contributed by atoms with Crippen molar-refractivity contribution in [3.05, 3.63) is 38.7 Å². The first kappa shape index (κ1) is 16.8. The maximum atomic E-state index is 12.8. The van der Waals surface area contributed by atoms with Gasteiger partial charge in [-0.15, -0.1) is 11.3 Å². The van der Waals surface area contributed by atoms with Gasteiger partial charge >= 0.3 is 0 Å². The van der Waals surface area contributed by atoms with Crippen molar-refractivity contribution in [3.8, 4) is 0 Å². The van der Waals surface area contributed by atoms with Crippen LogP contribution in [0.1, 0.15) is 21.7 Å². The summed E-state index contributed by atoms with van der Waals surface area (Å²) in [6.45, 7) is 4.47. The zero-order valence-corrected chi connectivity index (χ0v) is 16.0. The lowest BCUT2D eigenvalue weighted by Crippen LogP contribution is -2.64. The molecule has 4 heterocycles. The van der Waals surface area contributed by atoms with E-state index in [1.807, 2.05) is 52.0 Å². The topological polar surface area (TPSA) is 43.9 Å². The predicted molar refractivity (Wildman–Crippen MR) is 102 cm³/mol. The summed E-state index contributed by atoms with van der Waals surface area (Å²) < 4.78 is 0. The van der Waals surface area contributed by atoms with Crippen LogP contribution in [0.3, 0.4) is 0 Å². The number of nitrogens with zero attached hydrogens (tertiary/aromatic N) is 3. The average Bonchev–Trinajstić information content (AvgIpc) is 3.32. The zero-order valence-electron chi connectivity index (χ0n) is 14.4. The summed E-state index contributed by atoms with van der Waals surface area (Å²) in [5.74, 6) is 0.243. The Morgan fingerprint density at radius 1 is 1.28 bits per heavy atom. The zero-order chi connectivity index (χ0) is 17.6. The standard InChI is InChI=1S/C18H21N3O2S2/c1-13-7-15(25-9-13)17(23)20-5-4-18(11-20)12-21(14-3-6-24-10-14)16(22)8-19(18)2/h3,6-7,9-10H,4-5,8,11-12H2,1-2H3. The van der Waals surface area contributed by atoms with Crippen LogP contribution >= 0.6 is 22.7 Å². The number of rotatable bonds is 2. The summed E-state index contributed by atoms with van der Waals surface area (Å²) >= 11 is 3.11. The second kappa shape index (κ2) is 6.23. The number of aryl methyl sites for hydroxylation is 1. The molecule has 0 radical (unpaired) electrons. The van der Waals surface area contributed by atoms with Crippen LogP contribution in [0.4, 0.5) is 5.69 Å². The molecule has 0 N–H and O–H groups in total. The number of likely N-dealkylation sites (N-methyl/N-ethyl adjacent to an activating group) is 1. The Bertz CT molecular complexity index is 801. The van der Waals surface area contributed by atoms with E-state index in [-0.39, 0.29) is 17.4 Å². The lowest BCUT2D eigenvalue weighted by Gasteiger charge is -2.46. The minimum absolute atomic E-state index is 0.113. The molecule has 0 aliphatic carbocycles. The van der Waals surface area contributed by atoms with Gasteiger partial charge in [0.15, 0.2) is 0 Å². The van der Waals surface area contributed by atoms with Crippen molar-refractivity contribution >= 4 is 40.2 Å². The largest absolute Gasteiger partial charge is 0.336 e. The fraction of sp³-hybridized carbons (Fsp3) is 0.444. The molecule has 25 heavy (non-hydrogen) atoms. The van der Waals surface area contributed by atoms with E-state index in [1.54, 1.807) is 11.3 Å². The molecule has 0 saturated carbocycles. The van der Waals surface area contributed by atoms with Gasteiger partial charge < -0.3 is 9.80 Å². The molecule has 0 bridgehead atoms. The van der Waals surface area contributed by atoms with Crippen molar-refractivity contribution < 1.29 is 9.59 Å². The van der Waals surface area contributed by atoms with Crippen LogP contribution < -0.4 is 4.90 Å². The highest BCUT2D eigenvalue weighted by atomic mass is 32.1. The lowest BCUT2D eigenvalue weighted by atomic mass is 9.93. The van der Waals surface area contributed by atoms with Crippen LogP contribution in [-0.4, -0.2) is 60.4 Å². The van der Waals surface area contributed by atoms with Crippen LogP contribution in [0, 0.1) is 6.92 Å². The van der Waals surface area contributed by atoms with Crippen molar-refractivity contribution in [2.45, 2.75) is 18.9 Å². The molecule has 2 fully saturated rings. The minimum atomic E-state index is -0.155. The first-order chi connectivity index (χ1) is 12.0. The summed E-state index contributed by atoms with van der Waals surface area (Å²) in [7, 11) is 2.01. The molecule has 132 valence electrons. The number of hydrogen-bond donors (Lipinski definition) is 0. The van der Waals surface area contributed by atoms with Gasteiger partial charge in [0.25, 0.3) is 5.91 Å². The SMILES string of the molecule is Cc1csc(C(=O)N2CCC3(C2)CN(c2ccsc2)C(=O)CN3C)c1.